The molecule has 0 bridgehead atoms. The summed E-state index contributed by atoms with van der Waals surface area (Å²) in [6.45, 7) is 1.82. The van der Waals surface area contributed by atoms with Gasteiger partial charge >= 0.3 is 0 Å². The average molecular weight is 532 g/mol. The van der Waals surface area contributed by atoms with E-state index < -0.39 is 11.9 Å². The van der Waals surface area contributed by atoms with Crippen LogP contribution < -0.4 is 16.6 Å². The van der Waals surface area contributed by atoms with Crippen LogP contribution in [0.1, 0.15) is 39.6 Å². The maximum atomic E-state index is 14.1. The number of thiazole rings is 1. The van der Waals surface area contributed by atoms with E-state index in [1.54, 1.807) is 34.6 Å². The Balaban J connectivity index is 1.48. The molecule has 0 saturated carbocycles. The van der Waals surface area contributed by atoms with Gasteiger partial charge in [-0.2, -0.15) is 5.10 Å². The Morgan fingerprint density at radius 1 is 1.08 bits per heavy atom. The molecule has 0 spiro atoms. The molecular weight excluding hydrogens is 510 g/mol. The van der Waals surface area contributed by atoms with E-state index in [4.69, 9.17) is 5.73 Å². The van der Waals surface area contributed by atoms with E-state index in [-0.39, 0.29) is 17.1 Å². The van der Waals surface area contributed by atoms with Gasteiger partial charge in [-0.05, 0) is 54.6 Å². The Hall–Kier alpha value is -5.27. The highest BCUT2D eigenvalue weighted by atomic mass is 32.1. The summed E-state index contributed by atoms with van der Waals surface area (Å²) >= 11 is 1.44. The second kappa shape index (κ2) is 9.89. The normalized spacial score (nSPS) is 11.7. The number of rotatable bonds is 4. The molecule has 0 aliphatic rings. The summed E-state index contributed by atoms with van der Waals surface area (Å²) in [6, 6.07) is 19.6. The molecule has 0 radical (unpaired) electrons. The summed E-state index contributed by atoms with van der Waals surface area (Å²) in [7, 11) is 0. The van der Waals surface area contributed by atoms with E-state index in [0.717, 1.165) is 10.3 Å². The van der Waals surface area contributed by atoms with E-state index in [1.807, 2.05) is 61.5 Å². The van der Waals surface area contributed by atoms with Crippen LogP contribution in [0.3, 0.4) is 0 Å². The van der Waals surface area contributed by atoms with Crippen LogP contribution in [0, 0.1) is 11.8 Å². The lowest BCUT2D eigenvalue weighted by molar-refractivity contribution is 0.0932. The molecule has 39 heavy (non-hydrogen) atoms. The fourth-order valence-corrected chi connectivity index (χ4v) is 4.98. The fraction of sp³-hybridized carbons (Fsp3) is 0.0690. The number of aromatic nitrogens is 5. The fourth-order valence-electron chi connectivity index (χ4n) is 4.51. The Morgan fingerprint density at radius 2 is 1.92 bits per heavy atom. The minimum absolute atomic E-state index is 0.0709. The number of imidazole rings is 1. The van der Waals surface area contributed by atoms with E-state index in [1.165, 1.54) is 15.9 Å². The van der Waals surface area contributed by atoms with Crippen LogP contribution in [0.2, 0.25) is 0 Å². The molecule has 4 aromatic heterocycles. The lowest BCUT2D eigenvalue weighted by Gasteiger charge is -2.21. The number of hydrogen-bond acceptors (Lipinski definition) is 7. The number of benzene rings is 2. The number of amides is 1. The number of nitrogen functional groups attached to an aromatic ring is 1. The highest BCUT2D eigenvalue weighted by Gasteiger charge is 2.23. The number of fused-ring (bicyclic) bond motifs is 2. The van der Waals surface area contributed by atoms with Crippen molar-refractivity contribution in [1.29, 1.82) is 0 Å². The van der Waals surface area contributed by atoms with Gasteiger partial charge in [-0.1, -0.05) is 36.3 Å². The Kier molecular flexibility index (Phi) is 6.11. The summed E-state index contributed by atoms with van der Waals surface area (Å²) < 4.78 is 3.01. The molecule has 6 aromatic rings. The SMILES string of the molecule is C[C@H](NC(=O)c1c(N)nc2cccnn12)c1cc2cccc(C#Cc3cncs3)c2c(=O)n1-c1ccccc1. The molecule has 9 nitrogen and oxygen atoms in total. The maximum Gasteiger partial charge on any atom is 0.274 e. The molecule has 10 heteroatoms. The Morgan fingerprint density at radius 3 is 2.72 bits per heavy atom. The smallest absolute Gasteiger partial charge is 0.274 e. The zero-order chi connectivity index (χ0) is 26.9. The number of anilines is 1. The van der Waals surface area contributed by atoms with Gasteiger partial charge in [-0.15, -0.1) is 11.3 Å². The summed E-state index contributed by atoms with van der Waals surface area (Å²) in [5.74, 6) is 5.85. The standard InChI is InChI=1S/C29H21N7O2S/c1-18(33-28(37)26-27(30)34-24-11-6-14-32-36(24)26)23-15-20-8-5-7-19(12-13-22-16-31-17-39-22)25(20)29(38)35(23)21-9-3-2-4-10-21/h2-11,14-18H,30H2,1H3,(H,33,37)/t18-/m0/s1. The number of nitrogens with two attached hydrogens (primary N) is 1. The minimum atomic E-state index is -0.574. The predicted octanol–water partition coefficient (Wildman–Crippen LogP) is 3.96. The third kappa shape index (κ3) is 4.41. The summed E-state index contributed by atoms with van der Waals surface area (Å²) in [5.41, 5.74) is 10.0. The molecule has 0 saturated heterocycles. The molecule has 0 aliphatic heterocycles. The topological polar surface area (TPSA) is 120 Å². The van der Waals surface area contributed by atoms with Crippen molar-refractivity contribution < 1.29 is 4.79 Å². The lowest BCUT2D eigenvalue weighted by Crippen LogP contribution is -2.33. The number of carbonyl (C=O) groups is 1. The molecule has 6 rings (SSSR count). The molecule has 4 heterocycles. The number of nitrogens with zero attached hydrogens (tertiary/aromatic N) is 5. The summed E-state index contributed by atoms with van der Waals surface area (Å²) in [4.78, 5) is 36.6. The number of carbonyl (C=O) groups excluding carboxylic acids is 1. The van der Waals surface area contributed by atoms with Crippen molar-refractivity contribution in [2.24, 2.45) is 0 Å². The van der Waals surface area contributed by atoms with E-state index in [9.17, 15) is 9.59 Å². The van der Waals surface area contributed by atoms with Crippen molar-refractivity contribution in [2.45, 2.75) is 13.0 Å². The molecular formula is C29H21N7O2S. The van der Waals surface area contributed by atoms with Gasteiger partial charge in [0.1, 0.15) is 0 Å². The third-order valence-electron chi connectivity index (χ3n) is 6.27. The zero-order valence-corrected chi connectivity index (χ0v) is 21.5. The van der Waals surface area contributed by atoms with Crippen molar-refractivity contribution >= 4 is 39.5 Å². The van der Waals surface area contributed by atoms with Gasteiger partial charge in [0.15, 0.2) is 17.2 Å². The van der Waals surface area contributed by atoms with Crippen molar-refractivity contribution in [3.05, 3.63) is 117 Å². The van der Waals surface area contributed by atoms with Gasteiger partial charge in [0.25, 0.3) is 11.5 Å². The van der Waals surface area contributed by atoms with E-state index in [0.29, 0.717) is 28.0 Å². The summed E-state index contributed by atoms with van der Waals surface area (Å²) in [5, 5.41) is 8.40. The van der Waals surface area contributed by atoms with Crippen molar-refractivity contribution in [2.75, 3.05) is 5.73 Å². The minimum Gasteiger partial charge on any atom is -0.382 e. The van der Waals surface area contributed by atoms with E-state index in [2.05, 4.69) is 32.2 Å². The average Bonchev–Trinajstić information content (AvgIpc) is 3.59. The highest BCUT2D eigenvalue weighted by Crippen LogP contribution is 2.24. The van der Waals surface area contributed by atoms with Gasteiger partial charge in [0.05, 0.1) is 28.0 Å². The molecule has 0 unspecified atom stereocenters. The first-order valence-corrected chi connectivity index (χ1v) is 12.9. The van der Waals surface area contributed by atoms with Crippen molar-refractivity contribution in [1.82, 2.24) is 29.5 Å². The number of nitrogens with one attached hydrogen (secondary N) is 1. The van der Waals surface area contributed by atoms with Gasteiger partial charge in [0.2, 0.25) is 0 Å². The third-order valence-corrected chi connectivity index (χ3v) is 6.96. The van der Waals surface area contributed by atoms with Crippen LogP contribution in [0.25, 0.3) is 22.1 Å². The van der Waals surface area contributed by atoms with Gasteiger partial charge in [-0.3, -0.25) is 19.1 Å². The number of hydrogen-bond donors (Lipinski definition) is 2. The lowest BCUT2D eigenvalue weighted by atomic mass is 10.0. The zero-order valence-electron chi connectivity index (χ0n) is 20.7. The van der Waals surface area contributed by atoms with Gasteiger partial charge < -0.3 is 11.1 Å². The Labute approximate surface area is 226 Å². The van der Waals surface area contributed by atoms with Crippen molar-refractivity contribution in [3.8, 4) is 17.5 Å². The van der Waals surface area contributed by atoms with Gasteiger partial charge in [-0.25, -0.2) is 9.50 Å². The quantitative estimate of drug-likeness (QED) is 0.332. The second-order valence-corrected chi connectivity index (χ2v) is 9.65. The molecule has 3 N–H and O–H groups in total. The van der Waals surface area contributed by atoms with Crippen LogP contribution in [-0.2, 0) is 0 Å². The first kappa shape index (κ1) is 24.1. The molecule has 190 valence electrons. The van der Waals surface area contributed by atoms with Crippen LogP contribution in [0.5, 0.6) is 0 Å². The molecule has 1 amide bonds. The number of para-hydroxylation sites is 1. The van der Waals surface area contributed by atoms with Crippen LogP contribution in [-0.4, -0.2) is 30.1 Å². The summed E-state index contributed by atoms with van der Waals surface area (Å²) in [6.07, 6.45) is 3.25. The maximum absolute atomic E-state index is 14.1. The Bertz CT molecular complexity index is 1970. The molecule has 0 aliphatic carbocycles. The van der Waals surface area contributed by atoms with Crippen molar-refractivity contribution in [3.63, 3.8) is 0 Å². The first-order valence-electron chi connectivity index (χ1n) is 12.1. The van der Waals surface area contributed by atoms with E-state index >= 15 is 0 Å². The first-order chi connectivity index (χ1) is 19.0. The highest BCUT2D eigenvalue weighted by molar-refractivity contribution is 7.10. The molecule has 0 fully saturated rings. The second-order valence-electron chi connectivity index (χ2n) is 8.77. The van der Waals surface area contributed by atoms with Crippen LogP contribution in [0.15, 0.2) is 89.4 Å². The van der Waals surface area contributed by atoms with Crippen LogP contribution in [0.4, 0.5) is 5.82 Å². The monoisotopic (exact) mass is 531 g/mol. The van der Waals surface area contributed by atoms with Crippen LogP contribution >= 0.6 is 11.3 Å². The largest absolute Gasteiger partial charge is 0.382 e. The molecule has 1 atom stereocenters. The number of pyridine rings is 1. The van der Waals surface area contributed by atoms with Gasteiger partial charge in [0, 0.05) is 23.1 Å². The predicted molar refractivity (Wildman–Crippen MR) is 151 cm³/mol. The molecule has 2 aromatic carbocycles.